The maximum Gasteiger partial charge on any atom is 0.235 e. The lowest BCUT2D eigenvalue weighted by atomic mass is 10.1. The van der Waals surface area contributed by atoms with Crippen LogP contribution < -0.4 is 10.2 Å². The summed E-state index contributed by atoms with van der Waals surface area (Å²) in [6.07, 6.45) is 3.69. The maximum atomic E-state index is 14.2. The summed E-state index contributed by atoms with van der Waals surface area (Å²) in [4.78, 5) is 11.1. The van der Waals surface area contributed by atoms with Crippen molar-refractivity contribution >= 4 is 17.3 Å². The molecule has 24 heavy (non-hydrogen) atoms. The van der Waals surface area contributed by atoms with E-state index in [1.54, 1.807) is 25.4 Å². The summed E-state index contributed by atoms with van der Waals surface area (Å²) in [5.41, 5.74) is 1.86. The van der Waals surface area contributed by atoms with Gasteiger partial charge in [0.2, 0.25) is 5.78 Å². The Morgan fingerprint density at radius 2 is 2.04 bits per heavy atom. The molecule has 0 radical (unpaired) electrons. The molecule has 0 atom stereocenters. The van der Waals surface area contributed by atoms with Crippen LogP contribution in [-0.4, -0.2) is 47.7 Å². The molecule has 1 aliphatic heterocycles. The second-order valence-electron chi connectivity index (χ2n) is 5.64. The number of rotatable bonds is 3. The smallest absolute Gasteiger partial charge is 0.235 e. The van der Waals surface area contributed by atoms with Gasteiger partial charge in [-0.15, -0.1) is 0 Å². The van der Waals surface area contributed by atoms with Gasteiger partial charge >= 0.3 is 0 Å². The van der Waals surface area contributed by atoms with Crippen molar-refractivity contribution in [3.63, 3.8) is 0 Å². The van der Waals surface area contributed by atoms with Crippen molar-refractivity contribution < 1.29 is 9.13 Å². The third-order valence-corrected chi connectivity index (χ3v) is 4.23. The molecule has 1 fully saturated rings. The van der Waals surface area contributed by atoms with Crippen LogP contribution in [0, 0.1) is 5.82 Å². The fourth-order valence-electron chi connectivity index (χ4n) is 2.91. The Morgan fingerprint density at radius 3 is 2.83 bits per heavy atom. The topological polar surface area (TPSA) is 54.7 Å². The summed E-state index contributed by atoms with van der Waals surface area (Å²) in [7, 11) is 1.80. The van der Waals surface area contributed by atoms with E-state index in [1.165, 1.54) is 6.07 Å². The molecule has 2 aromatic heterocycles. The van der Waals surface area contributed by atoms with Crippen molar-refractivity contribution in [3.05, 3.63) is 42.5 Å². The van der Waals surface area contributed by atoms with Gasteiger partial charge < -0.3 is 15.0 Å². The molecule has 1 N–H and O–H groups in total. The van der Waals surface area contributed by atoms with Gasteiger partial charge in [0.05, 0.1) is 25.1 Å². The maximum absolute atomic E-state index is 14.2. The van der Waals surface area contributed by atoms with E-state index in [1.807, 2.05) is 16.7 Å². The van der Waals surface area contributed by atoms with Crippen LogP contribution in [-0.2, 0) is 4.74 Å². The fraction of sp³-hybridized carbons (Fsp3) is 0.294. The summed E-state index contributed by atoms with van der Waals surface area (Å²) in [5, 5.41) is 3.01. The van der Waals surface area contributed by atoms with Gasteiger partial charge in [-0.25, -0.2) is 14.4 Å². The largest absolute Gasteiger partial charge is 0.388 e. The standard InChI is InChI=1S/C17H18FN5O/c1-19-12-2-3-14(18)13(10-12)15-4-5-23-16(11-20-17(23)21-15)22-6-8-24-9-7-22/h2-5,10-11,19H,6-9H2,1H3. The lowest BCUT2D eigenvalue weighted by Crippen LogP contribution is -2.36. The monoisotopic (exact) mass is 327 g/mol. The number of fused-ring (bicyclic) bond motifs is 1. The molecule has 1 saturated heterocycles. The summed E-state index contributed by atoms with van der Waals surface area (Å²) >= 11 is 0. The number of morpholine rings is 1. The Labute approximate surface area is 138 Å². The van der Waals surface area contributed by atoms with E-state index in [0.717, 1.165) is 24.6 Å². The van der Waals surface area contributed by atoms with E-state index >= 15 is 0 Å². The zero-order valence-corrected chi connectivity index (χ0v) is 13.4. The Balaban J connectivity index is 1.74. The van der Waals surface area contributed by atoms with Crippen LogP contribution in [0.5, 0.6) is 0 Å². The Kier molecular flexibility index (Phi) is 3.78. The highest BCUT2D eigenvalue weighted by Gasteiger charge is 2.16. The van der Waals surface area contributed by atoms with Gasteiger partial charge in [0, 0.05) is 37.6 Å². The lowest BCUT2D eigenvalue weighted by Gasteiger charge is -2.27. The average molecular weight is 327 g/mol. The van der Waals surface area contributed by atoms with E-state index in [2.05, 4.69) is 20.2 Å². The molecule has 0 bridgehead atoms. The number of anilines is 2. The van der Waals surface area contributed by atoms with Crippen LogP contribution in [0.2, 0.25) is 0 Å². The number of nitrogens with zero attached hydrogens (tertiary/aromatic N) is 4. The van der Waals surface area contributed by atoms with Gasteiger partial charge in [0.1, 0.15) is 11.6 Å². The molecule has 1 aromatic carbocycles. The second-order valence-corrected chi connectivity index (χ2v) is 5.64. The molecule has 6 nitrogen and oxygen atoms in total. The summed E-state index contributed by atoms with van der Waals surface area (Å²) in [6.45, 7) is 3.07. The van der Waals surface area contributed by atoms with Gasteiger partial charge in [0.25, 0.3) is 0 Å². The van der Waals surface area contributed by atoms with Crippen molar-refractivity contribution in [1.82, 2.24) is 14.4 Å². The SMILES string of the molecule is CNc1ccc(F)c(-c2ccn3c(N4CCOCC4)cnc3n2)c1. The predicted octanol–water partition coefficient (Wildman–Crippen LogP) is 2.41. The van der Waals surface area contributed by atoms with Crippen molar-refractivity contribution in [1.29, 1.82) is 0 Å². The molecule has 0 saturated carbocycles. The molecule has 124 valence electrons. The molecule has 1 aliphatic rings. The number of ether oxygens (including phenoxy) is 1. The minimum Gasteiger partial charge on any atom is -0.388 e. The third-order valence-electron chi connectivity index (χ3n) is 4.23. The Hall–Kier alpha value is -2.67. The van der Waals surface area contributed by atoms with Gasteiger partial charge in [-0.3, -0.25) is 4.40 Å². The Morgan fingerprint density at radius 1 is 1.21 bits per heavy atom. The van der Waals surface area contributed by atoms with E-state index in [9.17, 15) is 4.39 Å². The quantitative estimate of drug-likeness (QED) is 0.801. The molecule has 0 spiro atoms. The van der Waals surface area contributed by atoms with Crippen molar-refractivity contribution in [2.24, 2.45) is 0 Å². The fourth-order valence-corrected chi connectivity index (χ4v) is 2.91. The van der Waals surface area contributed by atoms with Crippen LogP contribution in [0.4, 0.5) is 15.9 Å². The number of nitrogens with one attached hydrogen (secondary N) is 1. The molecule has 7 heteroatoms. The number of benzene rings is 1. The summed E-state index contributed by atoms with van der Waals surface area (Å²) in [6, 6.07) is 6.71. The number of aromatic nitrogens is 3. The first-order valence-corrected chi connectivity index (χ1v) is 7.91. The lowest BCUT2D eigenvalue weighted by molar-refractivity contribution is 0.122. The number of halogens is 1. The minimum atomic E-state index is -0.300. The number of imidazole rings is 1. The van der Waals surface area contributed by atoms with Crippen molar-refractivity contribution in [2.75, 3.05) is 43.6 Å². The van der Waals surface area contributed by atoms with Crippen molar-refractivity contribution in [3.8, 4) is 11.3 Å². The predicted molar refractivity (Wildman–Crippen MR) is 91.0 cm³/mol. The van der Waals surface area contributed by atoms with Crippen LogP contribution in [0.25, 0.3) is 17.0 Å². The first-order chi connectivity index (χ1) is 11.8. The van der Waals surface area contributed by atoms with Crippen LogP contribution in [0.1, 0.15) is 0 Å². The number of hydrogen-bond acceptors (Lipinski definition) is 5. The van der Waals surface area contributed by atoms with E-state index in [-0.39, 0.29) is 5.82 Å². The van der Waals surface area contributed by atoms with Crippen LogP contribution in [0.3, 0.4) is 0 Å². The zero-order chi connectivity index (χ0) is 16.5. The van der Waals surface area contributed by atoms with Crippen LogP contribution in [0.15, 0.2) is 36.7 Å². The molecule has 0 aliphatic carbocycles. The minimum absolute atomic E-state index is 0.300. The number of hydrogen-bond donors (Lipinski definition) is 1. The van der Waals surface area contributed by atoms with E-state index in [0.29, 0.717) is 30.2 Å². The van der Waals surface area contributed by atoms with Gasteiger partial charge in [0.15, 0.2) is 0 Å². The molecule has 0 amide bonds. The summed E-state index contributed by atoms with van der Waals surface area (Å²) < 4.78 is 21.5. The molecule has 4 rings (SSSR count). The van der Waals surface area contributed by atoms with E-state index < -0.39 is 0 Å². The Bertz CT molecular complexity index is 873. The first kappa shape index (κ1) is 14.9. The first-order valence-electron chi connectivity index (χ1n) is 7.91. The summed E-state index contributed by atoms with van der Waals surface area (Å²) in [5.74, 6) is 1.24. The zero-order valence-electron chi connectivity index (χ0n) is 13.4. The molecule has 0 unspecified atom stereocenters. The third kappa shape index (κ3) is 2.56. The second kappa shape index (κ2) is 6.09. The highest BCUT2D eigenvalue weighted by atomic mass is 19.1. The normalized spacial score (nSPS) is 15.0. The van der Waals surface area contributed by atoms with Gasteiger partial charge in [-0.2, -0.15) is 0 Å². The van der Waals surface area contributed by atoms with E-state index in [4.69, 9.17) is 4.74 Å². The molecular weight excluding hydrogens is 309 g/mol. The molecular formula is C17H18FN5O. The average Bonchev–Trinajstić information content (AvgIpc) is 3.06. The van der Waals surface area contributed by atoms with Gasteiger partial charge in [-0.1, -0.05) is 0 Å². The van der Waals surface area contributed by atoms with Gasteiger partial charge in [-0.05, 0) is 24.3 Å². The highest BCUT2D eigenvalue weighted by molar-refractivity contribution is 5.67. The highest BCUT2D eigenvalue weighted by Crippen LogP contribution is 2.26. The molecule has 3 heterocycles. The van der Waals surface area contributed by atoms with Crippen LogP contribution >= 0.6 is 0 Å². The molecule has 3 aromatic rings. The van der Waals surface area contributed by atoms with Crippen molar-refractivity contribution in [2.45, 2.75) is 0 Å².